The van der Waals surface area contributed by atoms with Crippen molar-refractivity contribution in [2.24, 2.45) is 0 Å². The number of halogens is 2. The number of ether oxygens (including phenoxy) is 2. The first-order valence-electron chi connectivity index (χ1n) is 4.53. The monoisotopic (exact) mass is 232 g/mol. The molecule has 4 nitrogen and oxygen atoms in total. The Kier molecular flexibility index (Phi) is 4.66. The van der Waals surface area contributed by atoms with Crippen LogP contribution >= 0.6 is 0 Å². The molecule has 0 aliphatic carbocycles. The van der Waals surface area contributed by atoms with Gasteiger partial charge < -0.3 is 19.5 Å². The Morgan fingerprint density at radius 2 is 1.88 bits per heavy atom. The molecule has 0 fully saturated rings. The molecule has 1 aromatic rings. The zero-order valence-electron chi connectivity index (χ0n) is 8.61. The van der Waals surface area contributed by atoms with Crippen LogP contribution in [0.25, 0.3) is 0 Å². The van der Waals surface area contributed by atoms with Gasteiger partial charge in [-0.3, -0.25) is 0 Å². The maximum absolute atomic E-state index is 13.2. The van der Waals surface area contributed by atoms with Gasteiger partial charge in [0.1, 0.15) is 12.4 Å². The first kappa shape index (κ1) is 12.9. The molecule has 0 radical (unpaired) electrons. The number of hydrogen-bond donors (Lipinski definition) is 2. The van der Waals surface area contributed by atoms with E-state index in [2.05, 4.69) is 4.74 Å². The highest BCUT2D eigenvalue weighted by molar-refractivity contribution is 6.58. The minimum atomic E-state index is -2.01. The molecule has 0 aromatic heterocycles. The summed E-state index contributed by atoms with van der Waals surface area (Å²) in [6.45, 7) is 0.327. The molecule has 1 rings (SSSR count). The van der Waals surface area contributed by atoms with Crippen molar-refractivity contribution in [3.63, 3.8) is 0 Å². The fraction of sp³-hybridized carbons (Fsp3) is 0.333. The second-order valence-electron chi connectivity index (χ2n) is 3.02. The Bertz CT molecular complexity index is 360. The number of rotatable bonds is 5. The zero-order valence-corrected chi connectivity index (χ0v) is 8.61. The Morgan fingerprint density at radius 1 is 1.19 bits per heavy atom. The molecule has 16 heavy (non-hydrogen) atoms. The first-order valence-corrected chi connectivity index (χ1v) is 4.53. The fourth-order valence-electron chi connectivity index (χ4n) is 1.09. The third-order valence-corrected chi connectivity index (χ3v) is 1.87. The summed E-state index contributed by atoms with van der Waals surface area (Å²) >= 11 is 0. The summed E-state index contributed by atoms with van der Waals surface area (Å²) < 4.78 is 35.8. The second-order valence-corrected chi connectivity index (χ2v) is 3.02. The highest BCUT2D eigenvalue weighted by Crippen LogP contribution is 2.16. The molecule has 0 spiro atoms. The lowest BCUT2D eigenvalue weighted by Gasteiger charge is -2.09. The van der Waals surface area contributed by atoms with Crippen LogP contribution in [0.2, 0.25) is 0 Å². The highest BCUT2D eigenvalue weighted by atomic mass is 19.1. The third-order valence-electron chi connectivity index (χ3n) is 1.87. The zero-order chi connectivity index (χ0) is 12.1. The normalized spacial score (nSPS) is 10.3. The smallest absolute Gasteiger partial charge is 0.488 e. The van der Waals surface area contributed by atoms with Gasteiger partial charge in [0.25, 0.3) is 0 Å². The number of benzene rings is 1. The SMILES string of the molecule is COCCOc1cc(B(O)O)c(F)cc1F. The van der Waals surface area contributed by atoms with Crippen molar-refractivity contribution in [1.82, 2.24) is 0 Å². The van der Waals surface area contributed by atoms with E-state index in [-0.39, 0.29) is 19.0 Å². The largest absolute Gasteiger partial charge is 0.491 e. The van der Waals surface area contributed by atoms with Gasteiger partial charge in [0.2, 0.25) is 0 Å². The Hall–Kier alpha value is -1.18. The van der Waals surface area contributed by atoms with Crippen LogP contribution in [0.3, 0.4) is 0 Å². The van der Waals surface area contributed by atoms with Gasteiger partial charge in [-0.15, -0.1) is 0 Å². The number of hydrogen-bond acceptors (Lipinski definition) is 4. The van der Waals surface area contributed by atoms with E-state index in [4.69, 9.17) is 14.8 Å². The maximum atomic E-state index is 13.2. The van der Waals surface area contributed by atoms with Crippen LogP contribution in [0, 0.1) is 11.6 Å². The van der Waals surface area contributed by atoms with E-state index in [1.165, 1.54) is 7.11 Å². The van der Waals surface area contributed by atoms with Crippen LogP contribution in [0.1, 0.15) is 0 Å². The van der Waals surface area contributed by atoms with Crippen LogP contribution in [0.5, 0.6) is 5.75 Å². The molecule has 0 aliphatic rings. The van der Waals surface area contributed by atoms with Crippen molar-refractivity contribution in [3.8, 4) is 5.75 Å². The lowest BCUT2D eigenvalue weighted by atomic mass is 9.80. The van der Waals surface area contributed by atoms with Crippen molar-refractivity contribution >= 4 is 12.6 Å². The standard InChI is InChI=1S/C9H11BF2O4/c1-15-2-3-16-9-4-6(10(13)14)7(11)5-8(9)12/h4-5,13-14H,2-3H2,1H3. The summed E-state index contributed by atoms with van der Waals surface area (Å²) in [5.41, 5.74) is -0.436. The summed E-state index contributed by atoms with van der Waals surface area (Å²) in [4.78, 5) is 0. The van der Waals surface area contributed by atoms with Crippen molar-refractivity contribution in [2.45, 2.75) is 0 Å². The van der Waals surface area contributed by atoms with Gasteiger partial charge in [-0.1, -0.05) is 0 Å². The van der Waals surface area contributed by atoms with Crippen LogP contribution in [0.15, 0.2) is 12.1 Å². The van der Waals surface area contributed by atoms with E-state index >= 15 is 0 Å². The van der Waals surface area contributed by atoms with E-state index in [0.717, 1.165) is 6.07 Å². The minimum Gasteiger partial charge on any atom is -0.488 e. The van der Waals surface area contributed by atoms with Crippen LogP contribution in [-0.4, -0.2) is 37.5 Å². The lowest BCUT2D eigenvalue weighted by Crippen LogP contribution is -2.33. The van der Waals surface area contributed by atoms with Gasteiger partial charge in [-0.25, -0.2) is 8.78 Å². The Balaban J connectivity index is 2.87. The van der Waals surface area contributed by atoms with E-state index in [1.807, 2.05) is 0 Å². The number of methoxy groups -OCH3 is 1. The first-order chi connectivity index (χ1) is 7.56. The minimum absolute atomic E-state index is 0.0833. The van der Waals surface area contributed by atoms with E-state index in [0.29, 0.717) is 6.07 Å². The van der Waals surface area contributed by atoms with E-state index in [1.54, 1.807) is 0 Å². The predicted molar refractivity (Wildman–Crippen MR) is 53.6 cm³/mol. The summed E-state index contributed by atoms with van der Waals surface area (Å²) in [7, 11) is -0.557. The van der Waals surface area contributed by atoms with Gasteiger partial charge >= 0.3 is 7.12 Å². The molecule has 0 bridgehead atoms. The van der Waals surface area contributed by atoms with Gasteiger partial charge in [-0.2, -0.15) is 0 Å². The maximum Gasteiger partial charge on any atom is 0.491 e. The molecule has 0 atom stereocenters. The molecule has 7 heteroatoms. The summed E-state index contributed by atoms with van der Waals surface area (Å²) in [6.07, 6.45) is 0. The molecular weight excluding hydrogens is 221 g/mol. The molecule has 2 N–H and O–H groups in total. The Morgan fingerprint density at radius 3 is 2.44 bits per heavy atom. The average Bonchev–Trinajstić information content (AvgIpc) is 2.21. The van der Waals surface area contributed by atoms with Crippen molar-refractivity contribution in [2.75, 3.05) is 20.3 Å². The molecule has 0 saturated carbocycles. The van der Waals surface area contributed by atoms with Gasteiger partial charge in [0, 0.05) is 18.6 Å². The van der Waals surface area contributed by atoms with E-state index < -0.39 is 24.2 Å². The second kappa shape index (κ2) is 5.79. The summed E-state index contributed by atoms with van der Waals surface area (Å²) in [5, 5.41) is 17.6. The molecular formula is C9H11BF2O4. The molecule has 0 aliphatic heterocycles. The molecule has 1 aromatic carbocycles. The van der Waals surface area contributed by atoms with Crippen molar-refractivity contribution < 1.29 is 28.3 Å². The lowest BCUT2D eigenvalue weighted by molar-refractivity contribution is 0.144. The van der Waals surface area contributed by atoms with Gasteiger partial charge in [0.15, 0.2) is 11.6 Å². The molecule has 88 valence electrons. The molecule has 0 heterocycles. The van der Waals surface area contributed by atoms with Crippen molar-refractivity contribution in [1.29, 1.82) is 0 Å². The van der Waals surface area contributed by atoms with Crippen molar-refractivity contribution in [3.05, 3.63) is 23.8 Å². The predicted octanol–water partition coefficient (Wildman–Crippen LogP) is -0.330. The Labute approximate surface area is 91.6 Å². The van der Waals surface area contributed by atoms with Crippen LogP contribution in [-0.2, 0) is 4.74 Å². The van der Waals surface area contributed by atoms with E-state index in [9.17, 15) is 8.78 Å². The summed E-state index contributed by atoms with van der Waals surface area (Å²) in [6, 6.07) is 1.45. The highest BCUT2D eigenvalue weighted by Gasteiger charge is 2.20. The molecule has 0 saturated heterocycles. The van der Waals surface area contributed by atoms with Crippen LogP contribution < -0.4 is 10.2 Å². The van der Waals surface area contributed by atoms with Gasteiger partial charge in [-0.05, 0) is 6.07 Å². The summed E-state index contributed by atoms with van der Waals surface area (Å²) in [5.74, 6) is -2.19. The quantitative estimate of drug-likeness (QED) is 0.539. The molecule has 0 amide bonds. The topological polar surface area (TPSA) is 58.9 Å². The molecule has 0 unspecified atom stereocenters. The van der Waals surface area contributed by atoms with Crippen LogP contribution in [0.4, 0.5) is 8.78 Å². The van der Waals surface area contributed by atoms with Gasteiger partial charge in [0.05, 0.1) is 6.61 Å². The third kappa shape index (κ3) is 3.16. The fourth-order valence-corrected chi connectivity index (χ4v) is 1.09. The average molecular weight is 232 g/mol.